The highest BCUT2D eigenvalue weighted by molar-refractivity contribution is 5.95. The molecule has 2 atom stereocenters. The zero-order valence-electron chi connectivity index (χ0n) is 16.9. The van der Waals surface area contributed by atoms with Gasteiger partial charge in [0, 0.05) is 35.3 Å². The van der Waals surface area contributed by atoms with E-state index in [-0.39, 0.29) is 18.6 Å². The largest absolute Gasteiger partial charge is 0.395 e. The molecule has 1 amide bonds. The van der Waals surface area contributed by atoms with E-state index in [2.05, 4.69) is 15.8 Å². The molecule has 0 unspecified atom stereocenters. The fourth-order valence-corrected chi connectivity index (χ4v) is 2.82. The first-order valence-electron chi connectivity index (χ1n) is 9.71. The lowest BCUT2D eigenvalue weighted by molar-refractivity contribution is 0.0948. The van der Waals surface area contributed by atoms with Crippen molar-refractivity contribution in [2.45, 2.75) is 32.5 Å². The van der Waals surface area contributed by atoms with Crippen LogP contribution in [0.4, 0.5) is 0 Å². The number of carbonyl (C=O) groups excluding carboxylic acids is 1. The third kappa shape index (κ3) is 5.32. The van der Waals surface area contributed by atoms with Crippen molar-refractivity contribution in [1.82, 2.24) is 15.8 Å². The lowest BCUT2D eigenvalue weighted by Crippen LogP contribution is -2.31. The molecule has 3 rings (SSSR count). The summed E-state index contributed by atoms with van der Waals surface area (Å²) in [6, 6.07) is 18.2. The summed E-state index contributed by atoms with van der Waals surface area (Å²) in [6.07, 6.45) is 0. The van der Waals surface area contributed by atoms with Gasteiger partial charge in [-0.15, -0.1) is 0 Å². The van der Waals surface area contributed by atoms with Crippen LogP contribution in [0.2, 0.25) is 0 Å². The summed E-state index contributed by atoms with van der Waals surface area (Å²) in [5.41, 5.74) is 3.82. The standard InChI is InChI=1S/C23H24N4O3/c1-15(12-24)26-23(29)20-5-3-4-19(10-20)21-11-22(30-27-21)18-8-6-17(7-9-18)13-25-16(2)14-28/h3-11,15-16,25,28H,13-14H2,1-2H3,(H,26,29)/t15-,16-/m1/s1. The number of carbonyl (C=O) groups is 1. The molecule has 2 aromatic carbocycles. The third-order valence-corrected chi connectivity index (χ3v) is 4.64. The first-order chi connectivity index (χ1) is 14.5. The minimum Gasteiger partial charge on any atom is -0.395 e. The number of rotatable bonds is 8. The molecular weight excluding hydrogens is 380 g/mol. The predicted molar refractivity (Wildman–Crippen MR) is 113 cm³/mol. The number of hydrogen-bond acceptors (Lipinski definition) is 6. The third-order valence-electron chi connectivity index (χ3n) is 4.64. The molecule has 7 nitrogen and oxygen atoms in total. The Balaban J connectivity index is 1.73. The maximum absolute atomic E-state index is 12.2. The van der Waals surface area contributed by atoms with Gasteiger partial charge < -0.3 is 20.3 Å². The summed E-state index contributed by atoms with van der Waals surface area (Å²) in [5.74, 6) is 0.315. The second-order valence-corrected chi connectivity index (χ2v) is 7.14. The Labute approximate surface area is 175 Å². The molecule has 30 heavy (non-hydrogen) atoms. The van der Waals surface area contributed by atoms with Gasteiger partial charge in [-0.25, -0.2) is 0 Å². The van der Waals surface area contributed by atoms with Crippen molar-refractivity contribution >= 4 is 5.91 Å². The summed E-state index contributed by atoms with van der Waals surface area (Å²) in [4.78, 5) is 12.2. The zero-order chi connectivity index (χ0) is 21.5. The van der Waals surface area contributed by atoms with Crippen LogP contribution >= 0.6 is 0 Å². The van der Waals surface area contributed by atoms with E-state index in [0.717, 1.165) is 16.7 Å². The minimum atomic E-state index is -0.565. The summed E-state index contributed by atoms with van der Waals surface area (Å²) in [6.45, 7) is 4.31. The van der Waals surface area contributed by atoms with Gasteiger partial charge >= 0.3 is 0 Å². The lowest BCUT2D eigenvalue weighted by atomic mass is 10.1. The summed E-state index contributed by atoms with van der Waals surface area (Å²) >= 11 is 0. The van der Waals surface area contributed by atoms with Crippen LogP contribution in [0.1, 0.15) is 29.8 Å². The van der Waals surface area contributed by atoms with Crippen LogP contribution in [0.3, 0.4) is 0 Å². The first kappa shape index (κ1) is 21.2. The van der Waals surface area contributed by atoms with Crippen molar-refractivity contribution in [1.29, 1.82) is 5.26 Å². The molecule has 3 N–H and O–H groups in total. The molecule has 0 aliphatic carbocycles. The van der Waals surface area contributed by atoms with Crippen molar-refractivity contribution in [2.24, 2.45) is 0 Å². The highest BCUT2D eigenvalue weighted by atomic mass is 16.5. The number of nitriles is 1. The Morgan fingerprint density at radius 2 is 1.93 bits per heavy atom. The number of amides is 1. The van der Waals surface area contributed by atoms with Crippen molar-refractivity contribution in [3.8, 4) is 28.7 Å². The van der Waals surface area contributed by atoms with Crippen molar-refractivity contribution in [2.75, 3.05) is 6.61 Å². The molecule has 0 bridgehead atoms. The average Bonchev–Trinajstić information content (AvgIpc) is 3.28. The molecule has 0 aliphatic heterocycles. The lowest BCUT2D eigenvalue weighted by Gasteiger charge is -2.10. The summed E-state index contributed by atoms with van der Waals surface area (Å²) in [5, 5.41) is 27.9. The normalized spacial score (nSPS) is 12.7. The SMILES string of the molecule is C[C@H](C#N)NC(=O)c1cccc(-c2cc(-c3ccc(CN[C@H](C)CO)cc3)on2)c1. The van der Waals surface area contributed by atoms with Crippen molar-refractivity contribution in [3.63, 3.8) is 0 Å². The second-order valence-electron chi connectivity index (χ2n) is 7.14. The Kier molecular flexibility index (Phi) is 6.96. The molecule has 0 spiro atoms. The average molecular weight is 404 g/mol. The molecule has 1 heterocycles. The number of hydrogen-bond donors (Lipinski definition) is 3. The number of aliphatic hydroxyl groups excluding tert-OH is 1. The highest BCUT2D eigenvalue weighted by Crippen LogP contribution is 2.27. The minimum absolute atomic E-state index is 0.0440. The van der Waals surface area contributed by atoms with E-state index >= 15 is 0 Å². The monoisotopic (exact) mass is 404 g/mol. The number of aromatic nitrogens is 1. The van der Waals surface area contributed by atoms with Gasteiger partial charge in [-0.2, -0.15) is 5.26 Å². The maximum atomic E-state index is 12.2. The van der Waals surface area contributed by atoms with Crippen molar-refractivity contribution in [3.05, 3.63) is 65.7 Å². The topological polar surface area (TPSA) is 111 Å². The molecule has 7 heteroatoms. The van der Waals surface area contributed by atoms with E-state index in [0.29, 0.717) is 23.6 Å². The van der Waals surface area contributed by atoms with E-state index < -0.39 is 6.04 Å². The predicted octanol–water partition coefficient (Wildman–Crippen LogP) is 3.12. The first-order valence-corrected chi connectivity index (χ1v) is 9.71. The van der Waals surface area contributed by atoms with E-state index in [1.54, 1.807) is 25.1 Å². The molecule has 0 saturated heterocycles. The van der Waals surface area contributed by atoms with E-state index in [9.17, 15) is 4.79 Å². The van der Waals surface area contributed by atoms with Crippen LogP contribution in [-0.4, -0.2) is 34.9 Å². The quantitative estimate of drug-likeness (QED) is 0.532. The Morgan fingerprint density at radius 3 is 2.63 bits per heavy atom. The second kappa shape index (κ2) is 9.83. The van der Waals surface area contributed by atoms with Crippen LogP contribution in [0.15, 0.2) is 59.1 Å². The van der Waals surface area contributed by atoms with Crippen LogP contribution in [0, 0.1) is 11.3 Å². The van der Waals surface area contributed by atoms with E-state index in [1.165, 1.54) is 0 Å². The van der Waals surface area contributed by atoms with Gasteiger partial charge in [0.2, 0.25) is 0 Å². The van der Waals surface area contributed by atoms with Crippen LogP contribution in [0.25, 0.3) is 22.6 Å². The van der Waals surface area contributed by atoms with Crippen LogP contribution in [0.5, 0.6) is 0 Å². The van der Waals surface area contributed by atoms with Gasteiger partial charge in [0.05, 0.1) is 12.7 Å². The fraction of sp³-hybridized carbons (Fsp3) is 0.261. The van der Waals surface area contributed by atoms with Gasteiger partial charge in [0.25, 0.3) is 5.91 Å². The number of benzene rings is 2. The molecule has 0 saturated carbocycles. The molecule has 154 valence electrons. The number of nitrogens with one attached hydrogen (secondary N) is 2. The van der Waals surface area contributed by atoms with Gasteiger partial charge in [0.15, 0.2) is 5.76 Å². The Hall–Kier alpha value is -3.47. The zero-order valence-corrected chi connectivity index (χ0v) is 16.9. The van der Waals surface area contributed by atoms with Crippen LogP contribution in [-0.2, 0) is 6.54 Å². The van der Waals surface area contributed by atoms with Crippen LogP contribution < -0.4 is 10.6 Å². The Morgan fingerprint density at radius 1 is 1.17 bits per heavy atom. The van der Waals surface area contributed by atoms with Gasteiger partial charge in [-0.3, -0.25) is 4.79 Å². The number of nitrogens with zero attached hydrogens (tertiary/aromatic N) is 2. The van der Waals surface area contributed by atoms with E-state index in [4.69, 9.17) is 14.9 Å². The smallest absolute Gasteiger partial charge is 0.252 e. The highest BCUT2D eigenvalue weighted by Gasteiger charge is 2.13. The summed E-state index contributed by atoms with van der Waals surface area (Å²) in [7, 11) is 0. The van der Waals surface area contributed by atoms with Gasteiger partial charge in [-0.1, -0.05) is 41.6 Å². The molecular formula is C23H24N4O3. The Bertz CT molecular complexity index is 1040. The number of aliphatic hydroxyl groups is 1. The molecule has 0 fully saturated rings. The van der Waals surface area contributed by atoms with Gasteiger partial charge in [-0.05, 0) is 31.5 Å². The van der Waals surface area contributed by atoms with Gasteiger partial charge in [0.1, 0.15) is 11.7 Å². The molecule has 0 radical (unpaired) electrons. The maximum Gasteiger partial charge on any atom is 0.252 e. The summed E-state index contributed by atoms with van der Waals surface area (Å²) < 4.78 is 5.50. The fourth-order valence-electron chi connectivity index (χ4n) is 2.82. The molecule has 3 aromatic rings. The molecule has 1 aromatic heterocycles. The van der Waals surface area contributed by atoms with Crippen molar-refractivity contribution < 1.29 is 14.4 Å². The molecule has 0 aliphatic rings. The van der Waals surface area contributed by atoms with E-state index in [1.807, 2.05) is 49.4 Å².